The van der Waals surface area contributed by atoms with E-state index in [-0.39, 0.29) is 0 Å². The lowest BCUT2D eigenvalue weighted by Gasteiger charge is -2.07. The van der Waals surface area contributed by atoms with Crippen molar-refractivity contribution in [1.29, 1.82) is 0 Å². The Morgan fingerprint density at radius 1 is 1.41 bits per heavy atom. The zero-order valence-corrected chi connectivity index (χ0v) is 9.95. The SMILES string of the molecule is CNc1nc(NCCCOC)c2cn[nH]c2n1. The molecule has 0 spiro atoms. The van der Waals surface area contributed by atoms with Crippen LogP contribution in [-0.4, -0.2) is 47.5 Å². The fraction of sp³-hybridized carbons (Fsp3) is 0.500. The molecule has 0 aliphatic carbocycles. The highest BCUT2D eigenvalue weighted by Crippen LogP contribution is 2.19. The summed E-state index contributed by atoms with van der Waals surface area (Å²) in [5.74, 6) is 1.35. The number of aromatic nitrogens is 4. The van der Waals surface area contributed by atoms with Crippen LogP contribution in [0.25, 0.3) is 11.0 Å². The Morgan fingerprint density at radius 2 is 2.29 bits per heavy atom. The lowest BCUT2D eigenvalue weighted by Crippen LogP contribution is -2.08. The van der Waals surface area contributed by atoms with Crippen molar-refractivity contribution in [2.75, 3.05) is 37.9 Å². The first kappa shape index (κ1) is 11.6. The number of hydrogen-bond acceptors (Lipinski definition) is 6. The summed E-state index contributed by atoms with van der Waals surface area (Å²) < 4.78 is 4.99. The second kappa shape index (κ2) is 5.44. The molecule has 0 saturated carbocycles. The first-order chi connectivity index (χ1) is 8.35. The highest BCUT2D eigenvalue weighted by Gasteiger charge is 2.07. The van der Waals surface area contributed by atoms with E-state index in [0.29, 0.717) is 5.95 Å². The topological polar surface area (TPSA) is 87.8 Å². The number of H-pyrrole nitrogens is 1. The van der Waals surface area contributed by atoms with Crippen molar-refractivity contribution in [1.82, 2.24) is 20.2 Å². The van der Waals surface area contributed by atoms with Crippen molar-refractivity contribution in [2.45, 2.75) is 6.42 Å². The normalized spacial score (nSPS) is 10.7. The van der Waals surface area contributed by atoms with Crippen molar-refractivity contribution in [3.8, 4) is 0 Å². The van der Waals surface area contributed by atoms with Gasteiger partial charge in [-0.05, 0) is 6.42 Å². The summed E-state index contributed by atoms with van der Waals surface area (Å²) in [6.07, 6.45) is 2.64. The summed E-state index contributed by atoms with van der Waals surface area (Å²) in [5.41, 5.74) is 0.721. The molecule has 92 valence electrons. The van der Waals surface area contributed by atoms with E-state index in [9.17, 15) is 0 Å². The first-order valence-corrected chi connectivity index (χ1v) is 5.47. The van der Waals surface area contributed by atoms with Crippen LogP contribution < -0.4 is 10.6 Å². The van der Waals surface area contributed by atoms with Crippen molar-refractivity contribution >= 4 is 22.8 Å². The molecule has 0 amide bonds. The Labute approximate surface area is 99.0 Å². The van der Waals surface area contributed by atoms with Crippen LogP contribution in [0.5, 0.6) is 0 Å². The summed E-state index contributed by atoms with van der Waals surface area (Å²) in [7, 11) is 3.48. The Morgan fingerprint density at radius 3 is 3.06 bits per heavy atom. The van der Waals surface area contributed by atoms with Gasteiger partial charge in [0.1, 0.15) is 5.82 Å². The van der Waals surface area contributed by atoms with Gasteiger partial charge in [0.25, 0.3) is 0 Å². The van der Waals surface area contributed by atoms with E-state index >= 15 is 0 Å². The largest absolute Gasteiger partial charge is 0.385 e. The number of hydrogen-bond donors (Lipinski definition) is 3. The maximum absolute atomic E-state index is 4.99. The Kier molecular flexibility index (Phi) is 3.71. The average molecular weight is 236 g/mol. The second-order valence-corrected chi connectivity index (χ2v) is 3.55. The third-order valence-corrected chi connectivity index (χ3v) is 2.35. The van der Waals surface area contributed by atoms with Crippen molar-refractivity contribution in [3.05, 3.63) is 6.20 Å². The zero-order chi connectivity index (χ0) is 12.1. The zero-order valence-electron chi connectivity index (χ0n) is 9.95. The van der Waals surface area contributed by atoms with Gasteiger partial charge in [-0.2, -0.15) is 15.1 Å². The van der Waals surface area contributed by atoms with Gasteiger partial charge in [-0.3, -0.25) is 5.10 Å². The Hall–Kier alpha value is -1.89. The summed E-state index contributed by atoms with van der Waals surface area (Å²) >= 11 is 0. The van der Waals surface area contributed by atoms with Crippen LogP contribution in [0.3, 0.4) is 0 Å². The fourth-order valence-corrected chi connectivity index (χ4v) is 1.50. The number of methoxy groups -OCH3 is 1. The number of fused-ring (bicyclic) bond motifs is 1. The van der Waals surface area contributed by atoms with Gasteiger partial charge in [0, 0.05) is 27.3 Å². The van der Waals surface area contributed by atoms with E-state index in [4.69, 9.17) is 4.74 Å². The smallest absolute Gasteiger partial charge is 0.226 e. The average Bonchev–Trinajstić information content (AvgIpc) is 2.82. The second-order valence-electron chi connectivity index (χ2n) is 3.55. The van der Waals surface area contributed by atoms with Crippen LogP contribution in [0.4, 0.5) is 11.8 Å². The van der Waals surface area contributed by atoms with Crippen LogP contribution in [-0.2, 0) is 4.74 Å². The van der Waals surface area contributed by atoms with Gasteiger partial charge in [-0.1, -0.05) is 0 Å². The molecular formula is C10H16N6O. The van der Waals surface area contributed by atoms with E-state index in [2.05, 4.69) is 30.8 Å². The summed E-state index contributed by atoms with van der Waals surface area (Å²) in [5, 5.41) is 13.9. The number of aromatic amines is 1. The lowest BCUT2D eigenvalue weighted by atomic mass is 10.3. The predicted octanol–water partition coefficient (Wildman–Crippen LogP) is 0.843. The molecule has 0 aliphatic heterocycles. The molecule has 0 bridgehead atoms. The highest BCUT2D eigenvalue weighted by molar-refractivity contribution is 5.86. The maximum Gasteiger partial charge on any atom is 0.226 e. The molecule has 2 aromatic heterocycles. The summed E-state index contributed by atoms with van der Waals surface area (Å²) in [6, 6.07) is 0. The van der Waals surface area contributed by atoms with Gasteiger partial charge in [-0.15, -0.1) is 0 Å². The monoisotopic (exact) mass is 236 g/mol. The van der Waals surface area contributed by atoms with Crippen LogP contribution in [0.1, 0.15) is 6.42 Å². The fourth-order valence-electron chi connectivity index (χ4n) is 1.50. The molecule has 7 nitrogen and oxygen atoms in total. The minimum Gasteiger partial charge on any atom is -0.385 e. The van der Waals surface area contributed by atoms with Crippen LogP contribution in [0.2, 0.25) is 0 Å². The van der Waals surface area contributed by atoms with E-state index < -0.39 is 0 Å². The predicted molar refractivity (Wildman–Crippen MR) is 66.2 cm³/mol. The third kappa shape index (κ3) is 2.62. The van der Waals surface area contributed by atoms with E-state index in [1.165, 1.54) is 0 Å². The van der Waals surface area contributed by atoms with Gasteiger partial charge in [0.2, 0.25) is 5.95 Å². The number of anilines is 2. The van der Waals surface area contributed by atoms with Crippen molar-refractivity contribution < 1.29 is 4.74 Å². The van der Waals surface area contributed by atoms with Gasteiger partial charge < -0.3 is 15.4 Å². The van der Waals surface area contributed by atoms with Crippen molar-refractivity contribution in [3.63, 3.8) is 0 Å². The van der Waals surface area contributed by atoms with Crippen molar-refractivity contribution in [2.24, 2.45) is 0 Å². The van der Waals surface area contributed by atoms with E-state index in [1.807, 2.05) is 0 Å². The molecule has 2 aromatic rings. The molecule has 0 unspecified atom stereocenters. The quantitative estimate of drug-likeness (QED) is 0.644. The maximum atomic E-state index is 4.99. The number of nitrogens with one attached hydrogen (secondary N) is 3. The van der Waals surface area contributed by atoms with Gasteiger partial charge >= 0.3 is 0 Å². The highest BCUT2D eigenvalue weighted by atomic mass is 16.5. The molecule has 0 aromatic carbocycles. The van der Waals surface area contributed by atoms with E-state index in [1.54, 1.807) is 20.4 Å². The number of nitrogens with zero attached hydrogens (tertiary/aromatic N) is 3. The molecular weight excluding hydrogens is 220 g/mol. The molecule has 0 atom stereocenters. The standard InChI is InChI=1S/C10H16N6O/c1-11-10-14-8(12-4-3-5-17-2)7-6-13-16-9(7)15-10/h6H,3-5H2,1-2H3,(H3,11,12,13,14,15,16). The minimum absolute atomic E-state index is 0.566. The molecule has 2 heterocycles. The van der Waals surface area contributed by atoms with Gasteiger partial charge in [-0.25, -0.2) is 0 Å². The molecule has 17 heavy (non-hydrogen) atoms. The Balaban J connectivity index is 2.16. The molecule has 7 heteroatoms. The van der Waals surface area contributed by atoms with Crippen LogP contribution >= 0.6 is 0 Å². The van der Waals surface area contributed by atoms with Crippen LogP contribution in [0, 0.1) is 0 Å². The first-order valence-electron chi connectivity index (χ1n) is 5.47. The molecule has 0 saturated heterocycles. The molecule has 2 rings (SSSR count). The number of rotatable bonds is 6. The Bertz CT molecular complexity index is 483. The van der Waals surface area contributed by atoms with Gasteiger partial charge in [0.15, 0.2) is 5.65 Å². The molecule has 0 fully saturated rings. The summed E-state index contributed by atoms with van der Waals surface area (Å²) in [6.45, 7) is 1.53. The molecule has 3 N–H and O–H groups in total. The summed E-state index contributed by atoms with van der Waals surface area (Å²) in [4.78, 5) is 8.61. The molecule has 0 radical (unpaired) electrons. The molecule has 0 aliphatic rings. The lowest BCUT2D eigenvalue weighted by molar-refractivity contribution is 0.198. The minimum atomic E-state index is 0.566. The van der Waals surface area contributed by atoms with Gasteiger partial charge in [0.05, 0.1) is 11.6 Å². The number of ether oxygens (including phenoxy) is 1. The van der Waals surface area contributed by atoms with Crippen LogP contribution in [0.15, 0.2) is 6.20 Å². The van der Waals surface area contributed by atoms with E-state index in [0.717, 1.165) is 36.4 Å². The third-order valence-electron chi connectivity index (χ3n) is 2.35.